The lowest BCUT2D eigenvalue weighted by Gasteiger charge is -2.15. The van der Waals surface area contributed by atoms with Crippen molar-refractivity contribution in [3.05, 3.63) is 70.8 Å². The summed E-state index contributed by atoms with van der Waals surface area (Å²) in [6.07, 6.45) is 0. The summed E-state index contributed by atoms with van der Waals surface area (Å²) in [5.41, 5.74) is 3.76. The minimum Gasteiger partial charge on any atom is -0.350 e. The molecule has 0 saturated heterocycles. The minimum absolute atomic E-state index is 0.200. The van der Waals surface area contributed by atoms with Gasteiger partial charge in [-0.1, -0.05) is 42.0 Å². The number of amides is 2. The van der Waals surface area contributed by atoms with Crippen LogP contribution in [0, 0.1) is 13.8 Å². The topological polar surface area (TPSA) is 58.2 Å². The summed E-state index contributed by atoms with van der Waals surface area (Å²) >= 11 is 0. The Morgan fingerprint density at radius 2 is 1.78 bits per heavy atom. The first-order valence-corrected chi connectivity index (χ1v) is 7.67. The lowest BCUT2D eigenvalue weighted by atomic mass is 10.1. The Hall–Kier alpha value is -2.62. The maximum Gasteiger partial charge on any atom is 0.251 e. The standard InChI is InChI=1S/C19H22N2O2/c1-13-7-6-10-16(11-13)19(23)21-15(3)18(22)20-12-17-9-5-4-8-14(17)2/h4-11,15H,12H2,1-3H3,(H,20,22)(H,21,23)/t15-/m0/s1. The van der Waals surface area contributed by atoms with E-state index in [-0.39, 0.29) is 11.8 Å². The van der Waals surface area contributed by atoms with Crippen LogP contribution in [0.25, 0.3) is 0 Å². The normalized spacial score (nSPS) is 11.6. The van der Waals surface area contributed by atoms with E-state index < -0.39 is 6.04 Å². The second-order valence-corrected chi connectivity index (χ2v) is 5.71. The van der Waals surface area contributed by atoms with E-state index in [1.165, 1.54) is 0 Å². The van der Waals surface area contributed by atoms with Crippen LogP contribution in [0.3, 0.4) is 0 Å². The van der Waals surface area contributed by atoms with E-state index in [4.69, 9.17) is 0 Å². The Morgan fingerprint density at radius 1 is 1.04 bits per heavy atom. The van der Waals surface area contributed by atoms with Gasteiger partial charge in [0, 0.05) is 12.1 Å². The van der Waals surface area contributed by atoms with Crippen molar-refractivity contribution in [1.29, 1.82) is 0 Å². The molecule has 0 aliphatic rings. The van der Waals surface area contributed by atoms with Crippen LogP contribution in [-0.4, -0.2) is 17.9 Å². The molecule has 0 heterocycles. The van der Waals surface area contributed by atoms with E-state index in [2.05, 4.69) is 10.6 Å². The quantitative estimate of drug-likeness (QED) is 0.892. The molecule has 0 radical (unpaired) electrons. The zero-order chi connectivity index (χ0) is 16.8. The molecular weight excluding hydrogens is 288 g/mol. The van der Waals surface area contributed by atoms with Crippen molar-refractivity contribution in [1.82, 2.24) is 10.6 Å². The van der Waals surface area contributed by atoms with Crippen LogP contribution >= 0.6 is 0 Å². The van der Waals surface area contributed by atoms with Gasteiger partial charge in [-0.3, -0.25) is 9.59 Å². The van der Waals surface area contributed by atoms with Crippen molar-refractivity contribution in [2.45, 2.75) is 33.4 Å². The van der Waals surface area contributed by atoms with E-state index in [0.717, 1.165) is 16.7 Å². The Labute approximate surface area is 136 Å². The predicted molar refractivity (Wildman–Crippen MR) is 91.1 cm³/mol. The highest BCUT2D eigenvalue weighted by molar-refractivity contribution is 5.97. The molecule has 0 unspecified atom stereocenters. The summed E-state index contributed by atoms with van der Waals surface area (Å²) in [5.74, 6) is -0.443. The van der Waals surface area contributed by atoms with E-state index in [1.54, 1.807) is 19.1 Å². The van der Waals surface area contributed by atoms with Crippen LogP contribution in [0.1, 0.15) is 34.0 Å². The second-order valence-electron chi connectivity index (χ2n) is 5.71. The van der Waals surface area contributed by atoms with Crippen LogP contribution < -0.4 is 10.6 Å². The van der Waals surface area contributed by atoms with E-state index in [1.807, 2.05) is 50.2 Å². The van der Waals surface area contributed by atoms with Gasteiger partial charge in [-0.05, 0) is 44.0 Å². The van der Waals surface area contributed by atoms with Crippen LogP contribution in [0.15, 0.2) is 48.5 Å². The van der Waals surface area contributed by atoms with Crippen LogP contribution in [0.4, 0.5) is 0 Å². The summed E-state index contributed by atoms with van der Waals surface area (Å²) < 4.78 is 0. The lowest BCUT2D eigenvalue weighted by Crippen LogP contribution is -2.44. The molecule has 23 heavy (non-hydrogen) atoms. The molecule has 120 valence electrons. The van der Waals surface area contributed by atoms with Gasteiger partial charge in [0.15, 0.2) is 0 Å². The van der Waals surface area contributed by atoms with E-state index >= 15 is 0 Å². The van der Waals surface area contributed by atoms with Crippen LogP contribution in [0.5, 0.6) is 0 Å². The fourth-order valence-corrected chi connectivity index (χ4v) is 2.28. The van der Waals surface area contributed by atoms with Gasteiger partial charge >= 0.3 is 0 Å². The summed E-state index contributed by atoms with van der Waals surface area (Å²) in [6.45, 7) is 6.07. The largest absolute Gasteiger partial charge is 0.350 e. The molecule has 0 aliphatic carbocycles. The zero-order valence-electron chi connectivity index (χ0n) is 13.7. The summed E-state index contributed by atoms with van der Waals surface area (Å²) in [4.78, 5) is 24.3. The average molecular weight is 310 g/mol. The molecule has 0 saturated carbocycles. The van der Waals surface area contributed by atoms with Crippen molar-refractivity contribution < 1.29 is 9.59 Å². The highest BCUT2D eigenvalue weighted by Gasteiger charge is 2.16. The molecular formula is C19H22N2O2. The van der Waals surface area contributed by atoms with Gasteiger partial charge < -0.3 is 10.6 Å². The number of benzene rings is 2. The van der Waals surface area contributed by atoms with Crippen molar-refractivity contribution in [3.8, 4) is 0 Å². The molecule has 0 aromatic heterocycles. The highest BCUT2D eigenvalue weighted by Crippen LogP contribution is 2.07. The van der Waals surface area contributed by atoms with Crippen LogP contribution in [-0.2, 0) is 11.3 Å². The van der Waals surface area contributed by atoms with Crippen molar-refractivity contribution in [3.63, 3.8) is 0 Å². The SMILES string of the molecule is Cc1cccc(C(=O)N[C@@H](C)C(=O)NCc2ccccc2C)c1. The Bertz CT molecular complexity index is 710. The number of rotatable bonds is 5. The molecule has 4 nitrogen and oxygen atoms in total. The Balaban J connectivity index is 1.90. The minimum atomic E-state index is -0.591. The number of hydrogen-bond acceptors (Lipinski definition) is 2. The van der Waals surface area contributed by atoms with Crippen molar-refractivity contribution in [2.24, 2.45) is 0 Å². The van der Waals surface area contributed by atoms with E-state index in [0.29, 0.717) is 12.1 Å². The third kappa shape index (κ3) is 4.68. The van der Waals surface area contributed by atoms with Gasteiger partial charge in [-0.25, -0.2) is 0 Å². The average Bonchev–Trinajstić information content (AvgIpc) is 2.53. The molecule has 0 bridgehead atoms. The number of hydrogen-bond donors (Lipinski definition) is 2. The first-order chi connectivity index (χ1) is 11.0. The molecule has 2 N–H and O–H groups in total. The molecule has 4 heteroatoms. The number of carbonyl (C=O) groups excluding carboxylic acids is 2. The molecule has 2 aromatic rings. The molecule has 1 atom stereocenters. The molecule has 2 amide bonds. The van der Waals surface area contributed by atoms with Gasteiger partial charge in [-0.15, -0.1) is 0 Å². The zero-order valence-corrected chi connectivity index (χ0v) is 13.7. The van der Waals surface area contributed by atoms with Gasteiger partial charge in [0.1, 0.15) is 6.04 Å². The number of nitrogens with one attached hydrogen (secondary N) is 2. The maximum atomic E-state index is 12.1. The second kappa shape index (κ2) is 7.58. The molecule has 0 spiro atoms. The third-order valence-electron chi connectivity index (χ3n) is 3.74. The van der Waals surface area contributed by atoms with E-state index in [9.17, 15) is 9.59 Å². The Kier molecular flexibility index (Phi) is 5.52. The smallest absolute Gasteiger partial charge is 0.251 e. The third-order valence-corrected chi connectivity index (χ3v) is 3.74. The molecule has 0 aliphatic heterocycles. The number of aryl methyl sites for hydroxylation is 2. The molecule has 2 rings (SSSR count). The first-order valence-electron chi connectivity index (χ1n) is 7.67. The van der Waals surface area contributed by atoms with Crippen molar-refractivity contribution >= 4 is 11.8 Å². The molecule has 2 aromatic carbocycles. The summed E-state index contributed by atoms with van der Waals surface area (Å²) in [5, 5.41) is 5.58. The Morgan fingerprint density at radius 3 is 2.48 bits per heavy atom. The van der Waals surface area contributed by atoms with Gasteiger partial charge in [0.25, 0.3) is 5.91 Å². The summed E-state index contributed by atoms with van der Waals surface area (Å²) in [7, 11) is 0. The molecule has 0 fully saturated rings. The monoisotopic (exact) mass is 310 g/mol. The fourth-order valence-electron chi connectivity index (χ4n) is 2.28. The van der Waals surface area contributed by atoms with Gasteiger partial charge in [0.2, 0.25) is 5.91 Å². The predicted octanol–water partition coefficient (Wildman–Crippen LogP) is 2.74. The first kappa shape index (κ1) is 16.7. The summed E-state index contributed by atoms with van der Waals surface area (Å²) in [6, 6.07) is 14.6. The van der Waals surface area contributed by atoms with Crippen LogP contribution in [0.2, 0.25) is 0 Å². The fraction of sp³-hybridized carbons (Fsp3) is 0.263. The maximum absolute atomic E-state index is 12.1. The van der Waals surface area contributed by atoms with Crippen molar-refractivity contribution in [2.75, 3.05) is 0 Å². The number of carbonyl (C=O) groups is 2. The van der Waals surface area contributed by atoms with Gasteiger partial charge in [0.05, 0.1) is 0 Å². The lowest BCUT2D eigenvalue weighted by molar-refractivity contribution is -0.122. The van der Waals surface area contributed by atoms with Gasteiger partial charge in [-0.2, -0.15) is 0 Å². The highest BCUT2D eigenvalue weighted by atomic mass is 16.2.